The molecule has 2 heterocycles. The van der Waals surface area contributed by atoms with Crippen LogP contribution in [0.15, 0.2) is 9.52 Å². The van der Waals surface area contributed by atoms with Crippen molar-refractivity contribution in [3.8, 4) is 0 Å². The molecule has 0 aliphatic carbocycles. The predicted octanol–water partition coefficient (Wildman–Crippen LogP) is 2.26. The van der Waals surface area contributed by atoms with Crippen molar-refractivity contribution in [1.82, 2.24) is 15.4 Å². The van der Waals surface area contributed by atoms with Gasteiger partial charge in [-0.25, -0.2) is 0 Å². The molecule has 0 saturated carbocycles. The van der Waals surface area contributed by atoms with Crippen LogP contribution in [0.25, 0.3) is 0 Å². The minimum Gasteiger partial charge on any atom is -0.466 e. The number of halogens is 1. The quantitative estimate of drug-likeness (QED) is 0.328. The molecule has 0 aromatic carbocycles. The minimum atomic E-state index is -0.113. The molecule has 1 aliphatic heterocycles. The van der Waals surface area contributed by atoms with Gasteiger partial charge in [0, 0.05) is 32.2 Å². The number of likely N-dealkylation sites (tertiary alicyclic amines) is 1. The topological polar surface area (TPSA) is 80.0 Å². The number of guanidine groups is 1. The SMILES string of the molecule is CCOC(=O)[C@H]1CCCN(C(=NC)NCc2c(C)noc2C)C1.I. The summed E-state index contributed by atoms with van der Waals surface area (Å²) in [5.74, 6) is 1.41. The molecule has 136 valence electrons. The standard InChI is InChI=1S/C16H26N4O3.HI/c1-5-22-15(21)13-7-6-8-20(10-13)16(17-4)18-9-14-11(2)19-23-12(14)3;/h13H,5-10H2,1-4H3,(H,17,18);1H/t13-;/m0./s1. The second-order valence-electron chi connectivity index (χ2n) is 5.74. The number of hydrogen-bond donors (Lipinski definition) is 1. The molecular weight excluding hydrogens is 423 g/mol. The van der Waals surface area contributed by atoms with Gasteiger partial charge in [-0.1, -0.05) is 5.16 Å². The Balaban J connectivity index is 0.00000288. The smallest absolute Gasteiger partial charge is 0.310 e. The number of aromatic nitrogens is 1. The van der Waals surface area contributed by atoms with Gasteiger partial charge in [-0.05, 0) is 33.6 Å². The van der Waals surface area contributed by atoms with Gasteiger partial charge in [0.2, 0.25) is 0 Å². The Morgan fingerprint density at radius 3 is 2.83 bits per heavy atom. The van der Waals surface area contributed by atoms with E-state index in [0.29, 0.717) is 19.7 Å². The van der Waals surface area contributed by atoms with Crippen LogP contribution < -0.4 is 5.32 Å². The summed E-state index contributed by atoms with van der Waals surface area (Å²) in [6, 6.07) is 0. The fraction of sp³-hybridized carbons (Fsp3) is 0.688. The second kappa shape index (κ2) is 9.85. The van der Waals surface area contributed by atoms with Gasteiger partial charge in [0.15, 0.2) is 5.96 Å². The summed E-state index contributed by atoms with van der Waals surface area (Å²) in [5, 5.41) is 7.30. The van der Waals surface area contributed by atoms with E-state index in [2.05, 4.69) is 20.4 Å². The lowest BCUT2D eigenvalue weighted by Gasteiger charge is -2.33. The summed E-state index contributed by atoms with van der Waals surface area (Å²) in [5.41, 5.74) is 1.93. The highest BCUT2D eigenvalue weighted by Crippen LogP contribution is 2.18. The highest BCUT2D eigenvalue weighted by Gasteiger charge is 2.28. The van der Waals surface area contributed by atoms with Crippen LogP contribution in [-0.2, 0) is 16.1 Å². The molecule has 1 atom stereocenters. The monoisotopic (exact) mass is 450 g/mol. The lowest BCUT2D eigenvalue weighted by Crippen LogP contribution is -2.48. The summed E-state index contributed by atoms with van der Waals surface area (Å²) >= 11 is 0. The van der Waals surface area contributed by atoms with Crippen molar-refractivity contribution in [2.45, 2.75) is 40.2 Å². The maximum atomic E-state index is 12.0. The molecule has 1 aromatic rings. The molecule has 1 aromatic heterocycles. The molecule has 7 nitrogen and oxygen atoms in total. The molecule has 8 heteroatoms. The molecule has 0 radical (unpaired) electrons. The van der Waals surface area contributed by atoms with Gasteiger partial charge in [-0.3, -0.25) is 9.79 Å². The third-order valence-electron chi connectivity index (χ3n) is 4.16. The van der Waals surface area contributed by atoms with Gasteiger partial charge in [0.05, 0.1) is 18.2 Å². The molecule has 1 fully saturated rings. The summed E-state index contributed by atoms with van der Waals surface area (Å²) in [7, 11) is 1.75. The number of carbonyl (C=O) groups excluding carboxylic acids is 1. The molecule has 0 spiro atoms. The van der Waals surface area contributed by atoms with Crippen molar-refractivity contribution in [3.63, 3.8) is 0 Å². The lowest BCUT2D eigenvalue weighted by molar-refractivity contribution is -0.149. The van der Waals surface area contributed by atoms with Crippen LogP contribution in [0.3, 0.4) is 0 Å². The van der Waals surface area contributed by atoms with Crippen molar-refractivity contribution >= 4 is 35.9 Å². The first kappa shape index (κ1) is 20.7. The average molecular weight is 450 g/mol. The van der Waals surface area contributed by atoms with Crippen molar-refractivity contribution in [2.75, 3.05) is 26.7 Å². The van der Waals surface area contributed by atoms with E-state index in [1.807, 2.05) is 20.8 Å². The first-order chi connectivity index (χ1) is 11.1. The van der Waals surface area contributed by atoms with E-state index in [-0.39, 0.29) is 35.9 Å². The Hall–Kier alpha value is -1.32. The maximum absolute atomic E-state index is 12.0. The fourth-order valence-corrected chi connectivity index (χ4v) is 2.88. The van der Waals surface area contributed by atoms with E-state index in [0.717, 1.165) is 42.4 Å². The number of ether oxygens (including phenoxy) is 1. The Bertz CT molecular complexity index is 554. The second-order valence-corrected chi connectivity index (χ2v) is 5.74. The van der Waals surface area contributed by atoms with Crippen molar-refractivity contribution in [3.05, 3.63) is 17.0 Å². The van der Waals surface area contributed by atoms with E-state index in [9.17, 15) is 4.79 Å². The predicted molar refractivity (Wildman–Crippen MR) is 103 cm³/mol. The van der Waals surface area contributed by atoms with Gasteiger partial charge in [0.1, 0.15) is 5.76 Å². The number of esters is 1. The third-order valence-corrected chi connectivity index (χ3v) is 4.16. The number of piperidine rings is 1. The lowest BCUT2D eigenvalue weighted by atomic mass is 9.98. The fourth-order valence-electron chi connectivity index (χ4n) is 2.88. The number of nitrogens with one attached hydrogen (secondary N) is 1. The zero-order valence-corrected chi connectivity index (χ0v) is 17.1. The van der Waals surface area contributed by atoms with Crippen molar-refractivity contribution < 1.29 is 14.1 Å². The molecule has 0 amide bonds. The highest BCUT2D eigenvalue weighted by atomic mass is 127. The van der Waals surface area contributed by atoms with Crippen molar-refractivity contribution in [1.29, 1.82) is 0 Å². The molecule has 1 saturated heterocycles. The Morgan fingerprint density at radius 2 is 2.25 bits per heavy atom. The van der Waals surface area contributed by atoms with Crippen LogP contribution in [0, 0.1) is 19.8 Å². The van der Waals surface area contributed by atoms with E-state index in [4.69, 9.17) is 9.26 Å². The molecular formula is C16H27IN4O3. The average Bonchev–Trinajstić information content (AvgIpc) is 2.87. The van der Waals surface area contributed by atoms with E-state index in [1.54, 1.807) is 7.05 Å². The van der Waals surface area contributed by atoms with Crippen LogP contribution in [0.5, 0.6) is 0 Å². The first-order valence-corrected chi connectivity index (χ1v) is 8.10. The molecule has 2 rings (SSSR count). The van der Waals surface area contributed by atoms with Gasteiger partial charge < -0.3 is 19.5 Å². The number of rotatable bonds is 4. The molecule has 24 heavy (non-hydrogen) atoms. The van der Waals surface area contributed by atoms with Crippen LogP contribution in [-0.4, -0.2) is 48.7 Å². The van der Waals surface area contributed by atoms with Crippen LogP contribution in [0.4, 0.5) is 0 Å². The van der Waals surface area contributed by atoms with Gasteiger partial charge in [0.25, 0.3) is 0 Å². The highest BCUT2D eigenvalue weighted by molar-refractivity contribution is 14.0. The third kappa shape index (κ3) is 5.09. The number of hydrogen-bond acceptors (Lipinski definition) is 5. The van der Waals surface area contributed by atoms with Gasteiger partial charge >= 0.3 is 5.97 Å². The molecule has 0 bridgehead atoms. The van der Waals surface area contributed by atoms with Gasteiger partial charge in [-0.2, -0.15) is 0 Å². The number of aliphatic imine (C=N–C) groups is 1. The summed E-state index contributed by atoms with van der Waals surface area (Å²) in [6.45, 7) is 8.22. The van der Waals surface area contributed by atoms with Gasteiger partial charge in [-0.15, -0.1) is 24.0 Å². The molecule has 1 aliphatic rings. The summed E-state index contributed by atoms with van der Waals surface area (Å²) in [6.07, 6.45) is 1.83. The normalized spacial score (nSPS) is 18.1. The van der Waals surface area contributed by atoms with Crippen molar-refractivity contribution in [2.24, 2.45) is 10.9 Å². The number of aryl methyl sites for hydroxylation is 2. The molecule has 0 unspecified atom stereocenters. The Labute approximate surface area is 160 Å². The summed E-state index contributed by atoms with van der Waals surface area (Å²) in [4.78, 5) is 18.4. The Morgan fingerprint density at radius 1 is 1.50 bits per heavy atom. The van der Waals surface area contributed by atoms with Crippen LogP contribution in [0.2, 0.25) is 0 Å². The zero-order chi connectivity index (χ0) is 16.8. The zero-order valence-electron chi connectivity index (χ0n) is 14.8. The minimum absolute atomic E-state index is 0. The molecule has 1 N–H and O–H groups in total. The van der Waals surface area contributed by atoms with E-state index >= 15 is 0 Å². The number of carbonyl (C=O) groups is 1. The first-order valence-electron chi connectivity index (χ1n) is 8.10. The summed E-state index contributed by atoms with van der Waals surface area (Å²) < 4.78 is 10.3. The van der Waals surface area contributed by atoms with Crippen LogP contribution in [0.1, 0.15) is 36.8 Å². The van der Waals surface area contributed by atoms with E-state index in [1.165, 1.54) is 0 Å². The van der Waals surface area contributed by atoms with Crippen LogP contribution >= 0.6 is 24.0 Å². The maximum Gasteiger partial charge on any atom is 0.310 e. The Kier molecular flexibility index (Phi) is 8.51. The van der Waals surface area contributed by atoms with E-state index < -0.39 is 0 Å². The number of nitrogens with zero attached hydrogens (tertiary/aromatic N) is 3. The largest absolute Gasteiger partial charge is 0.466 e.